The molecule has 1 N–H and O–H groups in total. The lowest BCUT2D eigenvalue weighted by Gasteiger charge is -2.25. The molecule has 0 radical (unpaired) electrons. The molecule has 1 unspecified atom stereocenters. The third-order valence-electron chi connectivity index (χ3n) is 5.41. The molecule has 3 heterocycles. The molecule has 1 aliphatic heterocycles. The molecule has 0 bridgehead atoms. The summed E-state index contributed by atoms with van der Waals surface area (Å²) in [5, 5.41) is 2.84. The molecule has 2 aromatic rings. The van der Waals surface area contributed by atoms with Crippen LogP contribution in [0.1, 0.15) is 52.9 Å². The summed E-state index contributed by atoms with van der Waals surface area (Å²) in [5.41, 5.74) is 2.59. The van der Waals surface area contributed by atoms with Gasteiger partial charge < -0.3 is 15.0 Å². The average Bonchev–Trinajstić information content (AvgIpc) is 3.51. The first kappa shape index (κ1) is 20.2. The fraction of sp³-hybridized carbons (Fsp3) is 0.429. The van der Waals surface area contributed by atoms with Crippen molar-refractivity contribution in [2.75, 3.05) is 11.9 Å². The Kier molecular flexibility index (Phi) is 5.36. The second kappa shape index (κ2) is 7.97. The number of ether oxygens (including phenoxy) is 1. The molecule has 0 aromatic carbocycles. The maximum atomic E-state index is 13.0. The van der Waals surface area contributed by atoms with Crippen LogP contribution in [0.5, 0.6) is 5.88 Å². The second-order valence-electron chi connectivity index (χ2n) is 7.65. The Morgan fingerprint density at radius 1 is 1.37 bits per heavy atom. The molecular weight excluding hydrogens is 394 g/mol. The SMILES string of the molecule is Cc1cc(C(C)N2Cc3c(ccnc3NC(=O)C3CC3)C2=O)cnc1OCC(F)F. The molecule has 0 spiro atoms. The van der Waals surface area contributed by atoms with Crippen LogP contribution in [0.15, 0.2) is 24.5 Å². The number of nitrogens with one attached hydrogen (secondary N) is 1. The Morgan fingerprint density at radius 3 is 2.80 bits per heavy atom. The van der Waals surface area contributed by atoms with Crippen LogP contribution in [0.2, 0.25) is 0 Å². The predicted octanol–water partition coefficient (Wildman–Crippen LogP) is 3.49. The largest absolute Gasteiger partial charge is 0.471 e. The summed E-state index contributed by atoms with van der Waals surface area (Å²) in [5.74, 6) is 0.398. The number of anilines is 1. The molecule has 9 heteroatoms. The smallest absolute Gasteiger partial charge is 0.272 e. The number of pyridine rings is 2. The molecule has 2 aliphatic rings. The third-order valence-corrected chi connectivity index (χ3v) is 5.41. The Morgan fingerprint density at radius 2 is 2.13 bits per heavy atom. The van der Waals surface area contributed by atoms with Crippen molar-refractivity contribution in [1.29, 1.82) is 0 Å². The van der Waals surface area contributed by atoms with E-state index in [2.05, 4.69) is 15.3 Å². The number of fused-ring (bicyclic) bond motifs is 1. The van der Waals surface area contributed by atoms with Gasteiger partial charge in [-0.05, 0) is 44.4 Å². The summed E-state index contributed by atoms with van der Waals surface area (Å²) in [4.78, 5) is 35.2. The number of nitrogens with zero attached hydrogens (tertiary/aromatic N) is 3. The topological polar surface area (TPSA) is 84.4 Å². The van der Waals surface area contributed by atoms with E-state index in [1.807, 2.05) is 6.92 Å². The zero-order valence-corrected chi connectivity index (χ0v) is 16.7. The van der Waals surface area contributed by atoms with Gasteiger partial charge >= 0.3 is 0 Å². The van der Waals surface area contributed by atoms with Gasteiger partial charge in [0, 0.05) is 35.0 Å². The summed E-state index contributed by atoms with van der Waals surface area (Å²) in [6, 6.07) is 3.12. The van der Waals surface area contributed by atoms with Gasteiger partial charge in [-0.25, -0.2) is 18.7 Å². The van der Waals surface area contributed by atoms with Crippen LogP contribution in [0, 0.1) is 12.8 Å². The van der Waals surface area contributed by atoms with Crippen molar-refractivity contribution >= 4 is 17.6 Å². The number of rotatable bonds is 7. The summed E-state index contributed by atoms with van der Waals surface area (Å²) < 4.78 is 29.8. The van der Waals surface area contributed by atoms with Gasteiger partial charge in [-0.2, -0.15) is 0 Å². The first-order valence-corrected chi connectivity index (χ1v) is 9.82. The Bertz CT molecular complexity index is 994. The van der Waals surface area contributed by atoms with Crippen LogP contribution in [0.3, 0.4) is 0 Å². The number of amides is 2. The van der Waals surface area contributed by atoms with Crippen LogP contribution in [-0.2, 0) is 11.3 Å². The number of aryl methyl sites for hydroxylation is 1. The van der Waals surface area contributed by atoms with Gasteiger partial charge in [0.1, 0.15) is 5.82 Å². The van der Waals surface area contributed by atoms with E-state index in [1.54, 1.807) is 24.0 Å². The lowest BCUT2D eigenvalue weighted by atomic mass is 10.1. The van der Waals surface area contributed by atoms with Crippen molar-refractivity contribution in [3.05, 3.63) is 46.8 Å². The number of alkyl halides is 2. The fourth-order valence-corrected chi connectivity index (χ4v) is 3.52. The molecular formula is C21H22F2N4O3. The first-order chi connectivity index (χ1) is 14.3. The summed E-state index contributed by atoms with van der Waals surface area (Å²) in [6.45, 7) is 3.19. The molecule has 4 rings (SSSR count). The van der Waals surface area contributed by atoms with Crippen LogP contribution >= 0.6 is 0 Å². The minimum atomic E-state index is -2.58. The Balaban J connectivity index is 1.52. The van der Waals surface area contributed by atoms with Crippen LogP contribution in [0.4, 0.5) is 14.6 Å². The molecule has 7 nitrogen and oxygen atoms in total. The standard InChI is InChI=1S/C21H22F2N4O3/c1-11-7-14(8-25-20(11)30-10-17(22)23)12(2)27-9-16-15(21(27)29)5-6-24-18(16)26-19(28)13-3-4-13/h5-8,12-13,17H,3-4,9-10H2,1-2H3,(H,24,26,28). The molecule has 1 saturated carbocycles. The van der Waals surface area contributed by atoms with Crippen LogP contribution < -0.4 is 10.1 Å². The van der Waals surface area contributed by atoms with Gasteiger partial charge in [-0.3, -0.25) is 9.59 Å². The van der Waals surface area contributed by atoms with Gasteiger partial charge in [-0.1, -0.05) is 0 Å². The van der Waals surface area contributed by atoms with Crippen molar-refractivity contribution in [2.24, 2.45) is 5.92 Å². The highest BCUT2D eigenvalue weighted by Gasteiger charge is 2.36. The van der Waals surface area contributed by atoms with E-state index in [9.17, 15) is 18.4 Å². The normalized spacial score (nSPS) is 16.6. The second-order valence-corrected chi connectivity index (χ2v) is 7.65. The maximum Gasteiger partial charge on any atom is 0.272 e. The highest BCUT2D eigenvalue weighted by atomic mass is 19.3. The number of halogens is 2. The van der Waals surface area contributed by atoms with E-state index >= 15 is 0 Å². The third kappa shape index (κ3) is 3.96. The minimum absolute atomic E-state index is 0.0367. The molecule has 1 atom stereocenters. The van der Waals surface area contributed by atoms with E-state index in [0.717, 1.165) is 18.4 Å². The monoisotopic (exact) mass is 416 g/mol. The Hall–Kier alpha value is -3.10. The van der Waals surface area contributed by atoms with Gasteiger partial charge in [0.2, 0.25) is 11.8 Å². The predicted molar refractivity (Wildman–Crippen MR) is 104 cm³/mol. The van der Waals surface area contributed by atoms with E-state index in [0.29, 0.717) is 29.1 Å². The zero-order chi connectivity index (χ0) is 21.4. The molecule has 1 aliphatic carbocycles. The van der Waals surface area contributed by atoms with Crippen molar-refractivity contribution in [3.8, 4) is 5.88 Å². The number of carbonyl (C=O) groups excluding carboxylic acids is 2. The van der Waals surface area contributed by atoms with Crippen molar-refractivity contribution in [3.63, 3.8) is 0 Å². The highest BCUT2D eigenvalue weighted by molar-refractivity contribution is 6.02. The quantitative estimate of drug-likeness (QED) is 0.747. The van der Waals surface area contributed by atoms with E-state index in [-0.39, 0.29) is 29.7 Å². The van der Waals surface area contributed by atoms with Crippen LogP contribution in [-0.4, -0.2) is 39.7 Å². The van der Waals surface area contributed by atoms with Gasteiger partial charge in [-0.15, -0.1) is 0 Å². The van der Waals surface area contributed by atoms with E-state index in [4.69, 9.17) is 4.74 Å². The van der Waals surface area contributed by atoms with E-state index in [1.165, 1.54) is 12.4 Å². The number of hydrogen-bond donors (Lipinski definition) is 1. The molecule has 1 fully saturated rings. The molecule has 2 aromatic heterocycles. The van der Waals surface area contributed by atoms with Crippen molar-refractivity contribution in [1.82, 2.24) is 14.9 Å². The fourth-order valence-electron chi connectivity index (χ4n) is 3.52. The minimum Gasteiger partial charge on any atom is -0.471 e. The highest BCUT2D eigenvalue weighted by Crippen LogP contribution is 2.36. The lowest BCUT2D eigenvalue weighted by Crippen LogP contribution is -2.27. The van der Waals surface area contributed by atoms with Crippen molar-refractivity contribution in [2.45, 2.75) is 45.7 Å². The molecule has 0 saturated heterocycles. The summed E-state index contributed by atoms with van der Waals surface area (Å²) >= 11 is 0. The maximum absolute atomic E-state index is 13.0. The van der Waals surface area contributed by atoms with Gasteiger partial charge in [0.25, 0.3) is 12.3 Å². The van der Waals surface area contributed by atoms with Crippen LogP contribution in [0.25, 0.3) is 0 Å². The molecule has 158 valence electrons. The summed E-state index contributed by atoms with van der Waals surface area (Å²) in [7, 11) is 0. The number of hydrogen-bond acceptors (Lipinski definition) is 5. The first-order valence-electron chi connectivity index (χ1n) is 9.82. The molecule has 30 heavy (non-hydrogen) atoms. The Labute approximate surface area is 172 Å². The lowest BCUT2D eigenvalue weighted by molar-refractivity contribution is -0.117. The van der Waals surface area contributed by atoms with Gasteiger partial charge in [0.05, 0.1) is 12.6 Å². The number of aromatic nitrogens is 2. The average molecular weight is 416 g/mol. The van der Waals surface area contributed by atoms with E-state index < -0.39 is 13.0 Å². The van der Waals surface area contributed by atoms with Gasteiger partial charge in [0.15, 0.2) is 6.61 Å². The molecule has 2 amide bonds. The number of carbonyl (C=O) groups is 2. The summed E-state index contributed by atoms with van der Waals surface area (Å²) in [6.07, 6.45) is 2.24. The zero-order valence-electron chi connectivity index (χ0n) is 16.7. The van der Waals surface area contributed by atoms with Crippen molar-refractivity contribution < 1.29 is 23.1 Å².